The van der Waals surface area contributed by atoms with Crippen molar-refractivity contribution < 1.29 is 4.42 Å². The van der Waals surface area contributed by atoms with Crippen LogP contribution in [0.1, 0.15) is 19.6 Å². The number of halogens is 2. The standard InChI is InChI=1S/C17H22Cl2N2O/c1-3-21(4-2)10-9-20-12-14-6-8-17(22-14)15-7-5-13(18)11-16(15)19/h5-8,11,20H,3-4,9-10,12H2,1-2H3. The Morgan fingerprint density at radius 2 is 1.86 bits per heavy atom. The van der Waals surface area contributed by atoms with Gasteiger partial charge < -0.3 is 14.6 Å². The van der Waals surface area contributed by atoms with E-state index in [9.17, 15) is 0 Å². The van der Waals surface area contributed by atoms with Crippen LogP contribution in [0, 0.1) is 0 Å². The smallest absolute Gasteiger partial charge is 0.135 e. The van der Waals surface area contributed by atoms with Crippen molar-refractivity contribution in [3.63, 3.8) is 0 Å². The van der Waals surface area contributed by atoms with Gasteiger partial charge in [0.05, 0.1) is 11.6 Å². The molecule has 1 N–H and O–H groups in total. The summed E-state index contributed by atoms with van der Waals surface area (Å²) in [7, 11) is 0. The van der Waals surface area contributed by atoms with Crippen LogP contribution in [0.25, 0.3) is 11.3 Å². The van der Waals surface area contributed by atoms with E-state index in [4.69, 9.17) is 27.6 Å². The first-order valence-electron chi connectivity index (χ1n) is 7.61. The number of rotatable bonds is 8. The van der Waals surface area contributed by atoms with Gasteiger partial charge in [-0.1, -0.05) is 37.0 Å². The summed E-state index contributed by atoms with van der Waals surface area (Å²) in [6, 6.07) is 9.33. The molecule has 0 radical (unpaired) electrons. The van der Waals surface area contributed by atoms with Crippen molar-refractivity contribution in [3.05, 3.63) is 46.1 Å². The molecular formula is C17H22Cl2N2O. The lowest BCUT2D eigenvalue weighted by Crippen LogP contribution is -2.31. The fraction of sp³-hybridized carbons (Fsp3) is 0.412. The molecule has 0 atom stereocenters. The molecule has 1 aromatic carbocycles. The lowest BCUT2D eigenvalue weighted by Gasteiger charge is -2.17. The summed E-state index contributed by atoms with van der Waals surface area (Å²) in [4.78, 5) is 2.38. The maximum absolute atomic E-state index is 6.20. The lowest BCUT2D eigenvalue weighted by molar-refractivity contribution is 0.300. The summed E-state index contributed by atoms with van der Waals surface area (Å²) in [6.45, 7) is 9.22. The summed E-state index contributed by atoms with van der Waals surface area (Å²) in [6.07, 6.45) is 0. The van der Waals surface area contributed by atoms with Crippen molar-refractivity contribution in [2.24, 2.45) is 0 Å². The lowest BCUT2D eigenvalue weighted by atomic mass is 10.2. The molecule has 0 aliphatic carbocycles. The molecule has 1 aromatic heterocycles. The second kappa shape index (κ2) is 8.59. The van der Waals surface area contributed by atoms with E-state index in [0.717, 1.165) is 43.3 Å². The summed E-state index contributed by atoms with van der Waals surface area (Å²) in [5.41, 5.74) is 0.862. The average molecular weight is 341 g/mol. The van der Waals surface area contributed by atoms with Gasteiger partial charge in [-0.25, -0.2) is 0 Å². The Morgan fingerprint density at radius 3 is 2.55 bits per heavy atom. The summed E-state index contributed by atoms with van der Waals surface area (Å²) >= 11 is 12.1. The van der Waals surface area contributed by atoms with Gasteiger partial charge >= 0.3 is 0 Å². The van der Waals surface area contributed by atoms with Crippen LogP contribution in [-0.2, 0) is 6.54 Å². The Kier molecular flexibility index (Phi) is 6.77. The summed E-state index contributed by atoms with van der Waals surface area (Å²) in [5, 5.41) is 4.62. The molecule has 0 aliphatic rings. The molecule has 22 heavy (non-hydrogen) atoms. The minimum atomic E-state index is 0.600. The fourth-order valence-corrected chi connectivity index (χ4v) is 2.80. The topological polar surface area (TPSA) is 28.4 Å². The van der Waals surface area contributed by atoms with Crippen LogP contribution < -0.4 is 5.32 Å². The molecule has 0 unspecified atom stereocenters. The van der Waals surface area contributed by atoms with Crippen LogP contribution in [-0.4, -0.2) is 31.1 Å². The third-order valence-electron chi connectivity index (χ3n) is 3.66. The van der Waals surface area contributed by atoms with Gasteiger partial charge in [0, 0.05) is 23.7 Å². The van der Waals surface area contributed by atoms with Crippen LogP contribution in [0.5, 0.6) is 0 Å². The van der Waals surface area contributed by atoms with Gasteiger partial charge in [-0.15, -0.1) is 0 Å². The molecule has 0 saturated carbocycles. The molecule has 0 saturated heterocycles. The minimum absolute atomic E-state index is 0.600. The van der Waals surface area contributed by atoms with E-state index in [1.165, 1.54) is 0 Å². The van der Waals surface area contributed by atoms with Crippen LogP contribution in [0.4, 0.5) is 0 Å². The van der Waals surface area contributed by atoms with Gasteiger partial charge in [0.25, 0.3) is 0 Å². The molecule has 0 aliphatic heterocycles. The number of likely N-dealkylation sites (N-methyl/N-ethyl adjacent to an activating group) is 1. The zero-order valence-electron chi connectivity index (χ0n) is 13.0. The molecule has 5 heteroatoms. The molecule has 0 amide bonds. The van der Waals surface area contributed by atoms with E-state index < -0.39 is 0 Å². The van der Waals surface area contributed by atoms with Crippen molar-refractivity contribution in [2.45, 2.75) is 20.4 Å². The Labute approximate surface area is 142 Å². The number of hydrogen-bond acceptors (Lipinski definition) is 3. The molecule has 0 spiro atoms. The fourth-order valence-electron chi connectivity index (χ4n) is 2.30. The maximum atomic E-state index is 6.20. The third-order valence-corrected chi connectivity index (χ3v) is 4.20. The van der Waals surface area contributed by atoms with Crippen molar-refractivity contribution in [1.82, 2.24) is 10.2 Å². The third kappa shape index (κ3) is 4.75. The van der Waals surface area contributed by atoms with Crippen LogP contribution in [0.15, 0.2) is 34.7 Å². The SMILES string of the molecule is CCN(CC)CCNCc1ccc(-c2ccc(Cl)cc2Cl)o1. The first-order chi connectivity index (χ1) is 10.6. The van der Waals surface area contributed by atoms with Gasteiger partial charge in [-0.05, 0) is 43.4 Å². The monoisotopic (exact) mass is 340 g/mol. The quantitative estimate of drug-likeness (QED) is 0.707. The second-order valence-corrected chi connectivity index (χ2v) is 5.94. The van der Waals surface area contributed by atoms with Gasteiger partial charge in [-0.3, -0.25) is 0 Å². The van der Waals surface area contributed by atoms with Gasteiger partial charge in [0.2, 0.25) is 0 Å². The predicted octanol–water partition coefficient (Wildman–Crippen LogP) is 4.68. The van der Waals surface area contributed by atoms with E-state index in [1.54, 1.807) is 6.07 Å². The largest absolute Gasteiger partial charge is 0.460 e. The molecule has 0 bridgehead atoms. The van der Waals surface area contributed by atoms with Crippen LogP contribution >= 0.6 is 23.2 Å². The molecular weight excluding hydrogens is 319 g/mol. The number of nitrogens with zero attached hydrogens (tertiary/aromatic N) is 1. The van der Waals surface area contributed by atoms with E-state index in [-0.39, 0.29) is 0 Å². The Balaban J connectivity index is 1.89. The highest BCUT2D eigenvalue weighted by molar-refractivity contribution is 6.36. The Morgan fingerprint density at radius 1 is 1.09 bits per heavy atom. The molecule has 120 valence electrons. The molecule has 2 rings (SSSR count). The van der Waals surface area contributed by atoms with Crippen molar-refractivity contribution in [1.29, 1.82) is 0 Å². The zero-order valence-corrected chi connectivity index (χ0v) is 14.5. The highest BCUT2D eigenvalue weighted by Crippen LogP contribution is 2.31. The van der Waals surface area contributed by atoms with Gasteiger partial charge in [-0.2, -0.15) is 0 Å². The molecule has 0 fully saturated rings. The van der Waals surface area contributed by atoms with E-state index >= 15 is 0 Å². The maximum Gasteiger partial charge on any atom is 0.135 e. The van der Waals surface area contributed by atoms with Gasteiger partial charge in [0.15, 0.2) is 0 Å². The average Bonchev–Trinajstić information content (AvgIpc) is 2.96. The van der Waals surface area contributed by atoms with E-state index in [0.29, 0.717) is 16.6 Å². The molecule has 3 nitrogen and oxygen atoms in total. The first kappa shape index (κ1) is 17.4. The zero-order chi connectivity index (χ0) is 15.9. The van der Waals surface area contributed by atoms with Crippen molar-refractivity contribution in [2.75, 3.05) is 26.2 Å². The predicted molar refractivity (Wildman–Crippen MR) is 93.7 cm³/mol. The minimum Gasteiger partial charge on any atom is -0.460 e. The highest BCUT2D eigenvalue weighted by Gasteiger charge is 2.09. The number of nitrogens with one attached hydrogen (secondary N) is 1. The second-order valence-electron chi connectivity index (χ2n) is 5.09. The highest BCUT2D eigenvalue weighted by atomic mass is 35.5. The van der Waals surface area contributed by atoms with Crippen molar-refractivity contribution in [3.8, 4) is 11.3 Å². The van der Waals surface area contributed by atoms with Gasteiger partial charge in [0.1, 0.15) is 11.5 Å². The number of benzene rings is 1. The first-order valence-corrected chi connectivity index (χ1v) is 8.36. The van der Waals surface area contributed by atoms with Crippen LogP contribution in [0.3, 0.4) is 0 Å². The number of furan rings is 1. The summed E-state index contributed by atoms with van der Waals surface area (Å²) < 4.78 is 5.85. The number of hydrogen-bond donors (Lipinski definition) is 1. The van der Waals surface area contributed by atoms with Crippen LogP contribution in [0.2, 0.25) is 10.0 Å². The molecule has 2 aromatic rings. The Bertz CT molecular complexity index is 594. The van der Waals surface area contributed by atoms with E-state index in [1.807, 2.05) is 24.3 Å². The summed E-state index contributed by atoms with van der Waals surface area (Å²) in [5.74, 6) is 1.67. The van der Waals surface area contributed by atoms with Crippen molar-refractivity contribution >= 4 is 23.2 Å². The Hall–Kier alpha value is -1.00. The molecule has 1 heterocycles. The van der Waals surface area contributed by atoms with E-state index in [2.05, 4.69) is 24.1 Å². The normalized spacial score (nSPS) is 11.3.